The van der Waals surface area contributed by atoms with Crippen LogP contribution in [-0.2, 0) is 6.42 Å². The van der Waals surface area contributed by atoms with E-state index < -0.39 is 0 Å². The van der Waals surface area contributed by atoms with Crippen LogP contribution in [0.3, 0.4) is 0 Å². The van der Waals surface area contributed by atoms with Gasteiger partial charge in [-0.1, -0.05) is 35.4 Å². The fourth-order valence-electron chi connectivity index (χ4n) is 1.58. The van der Waals surface area contributed by atoms with Gasteiger partial charge < -0.3 is 9.32 Å². The number of rotatable bonds is 5. The summed E-state index contributed by atoms with van der Waals surface area (Å²) < 4.78 is 5.47. The molecule has 0 saturated carbocycles. The first-order valence-corrected chi connectivity index (χ1v) is 6.33. The van der Waals surface area contributed by atoms with Gasteiger partial charge in [0.2, 0.25) is 5.89 Å². The molecule has 1 heterocycles. The summed E-state index contributed by atoms with van der Waals surface area (Å²) >= 11 is 5.88. The summed E-state index contributed by atoms with van der Waals surface area (Å²) in [4.78, 5) is 1.93. The van der Waals surface area contributed by atoms with Gasteiger partial charge in [0, 0.05) is 13.6 Å². The molecule has 96 valence electrons. The van der Waals surface area contributed by atoms with Crippen LogP contribution in [0.15, 0.2) is 34.7 Å². The van der Waals surface area contributed by atoms with Crippen molar-refractivity contribution in [2.75, 3.05) is 18.5 Å². The van der Waals surface area contributed by atoms with E-state index in [2.05, 4.69) is 22.3 Å². The molecule has 1 unspecified atom stereocenters. The molecule has 1 atom stereocenters. The van der Waals surface area contributed by atoms with E-state index >= 15 is 0 Å². The standard InChI is InChI=1S/C13H16ClN3O/c1-10(14)12-15-16-13(18-12)17(2)9-8-11-6-4-3-5-7-11/h3-7,10H,8-9H2,1-2H3. The molecule has 5 heteroatoms. The minimum Gasteiger partial charge on any atom is -0.406 e. The van der Waals surface area contributed by atoms with Crippen molar-refractivity contribution >= 4 is 17.6 Å². The Balaban J connectivity index is 1.93. The van der Waals surface area contributed by atoms with Crippen molar-refractivity contribution in [3.8, 4) is 0 Å². The summed E-state index contributed by atoms with van der Waals surface area (Å²) in [6.07, 6.45) is 0.936. The lowest BCUT2D eigenvalue weighted by molar-refractivity contribution is 0.490. The molecule has 0 N–H and O–H groups in total. The van der Waals surface area contributed by atoms with Crippen LogP contribution in [0.25, 0.3) is 0 Å². The number of benzene rings is 1. The van der Waals surface area contributed by atoms with E-state index in [0.29, 0.717) is 11.9 Å². The van der Waals surface area contributed by atoms with Crippen LogP contribution in [0.4, 0.5) is 6.01 Å². The normalized spacial score (nSPS) is 12.4. The first-order valence-electron chi connectivity index (χ1n) is 5.89. The second-order valence-corrected chi connectivity index (χ2v) is 4.85. The minimum atomic E-state index is -0.256. The lowest BCUT2D eigenvalue weighted by Gasteiger charge is -2.13. The van der Waals surface area contributed by atoms with E-state index in [-0.39, 0.29) is 5.38 Å². The van der Waals surface area contributed by atoms with Gasteiger partial charge >= 0.3 is 6.01 Å². The number of nitrogens with zero attached hydrogens (tertiary/aromatic N) is 3. The second kappa shape index (κ2) is 5.87. The number of halogens is 1. The molecule has 18 heavy (non-hydrogen) atoms. The van der Waals surface area contributed by atoms with Crippen LogP contribution >= 0.6 is 11.6 Å². The molecular weight excluding hydrogens is 250 g/mol. The molecule has 0 aliphatic heterocycles. The van der Waals surface area contributed by atoms with E-state index in [9.17, 15) is 0 Å². The largest absolute Gasteiger partial charge is 0.406 e. The van der Waals surface area contributed by atoms with Crippen molar-refractivity contribution < 1.29 is 4.42 Å². The Labute approximate surface area is 112 Å². The first-order chi connectivity index (χ1) is 8.66. The highest BCUT2D eigenvalue weighted by Gasteiger charge is 2.13. The van der Waals surface area contributed by atoms with Crippen molar-refractivity contribution in [2.45, 2.75) is 18.7 Å². The smallest absolute Gasteiger partial charge is 0.317 e. The number of alkyl halides is 1. The fourth-order valence-corrected chi connectivity index (χ4v) is 1.67. The van der Waals surface area contributed by atoms with Gasteiger partial charge in [-0.15, -0.1) is 16.7 Å². The third-order valence-electron chi connectivity index (χ3n) is 2.68. The molecule has 0 fully saturated rings. The molecule has 0 bridgehead atoms. The number of hydrogen-bond donors (Lipinski definition) is 0. The van der Waals surface area contributed by atoms with E-state index in [1.54, 1.807) is 0 Å². The summed E-state index contributed by atoms with van der Waals surface area (Å²) in [6.45, 7) is 2.63. The van der Waals surface area contributed by atoms with Crippen molar-refractivity contribution in [1.29, 1.82) is 0 Å². The molecule has 2 aromatic rings. The molecular formula is C13H16ClN3O. The SMILES string of the molecule is CC(Cl)c1nnc(N(C)CCc2ccccc2)o1. The molecule has 0 aliphatic rings. The van der Waals surface area contributed by atoms with E-state index in [4.69, 9.17) is 16.0 Å². The van der Waals surface area contributed by atoms with Gasteiger partial charge in [-0.3, -0.25) is 0 Å². The van der Waals surface area contributed by atoms with Crippen LogP contribution in [0.1, 0.15) is 23.8 Å². The van der Waals surface area contributed by atoms with Crippen molar-refractivity contribution in [1.82, 2.24) is 10.2 Å². The van der Waals surface area contributed by atoms with E-state index in [1.165, 1.54) is 5.56 Å². The van der Waals surface area contributed by atoms with Crippen molar-refractivity contribution in [3.05, 3.63) is 41.8 Å². The van der Waals surface area contributed by atoms with Gasteiger partial charge in [-0.25, -0.2) is 0 Å². The number of anilines is 1. The van der Waals surface area contributed by atoms with Gasteiger partial charge in [-0.2, -0.15) is 0 Å². The highest BCUT2D eigenvalue weighted by atomic mass is 35.5. The van der Waals surface area contributed by atoms with Crippen LogP contribution < -0.4 is 4.90 Å². The zero-order valence-corrected chi connectivity index (χ0v) is 11.3. The lowest BCUT2D eigenvalue weighted by atomic mass is 10.1. The average molecular weight is 266 g/mol. The summed E-state index contributed by atoms with van der Waals surface area (Å²) in [5, 5.41) is 7.62. The Morgan fingerprint density at radius 3 is 2.61 bits per heavy atom. The molecule has 2 rings (SSSR count). The van der Waals surface area contributed by atoms with Crippen molar-refractivity contribution in [2.24, 2.45) is 0 Å². The van der Waals surface area contributed by atoms with Gasteiger partial charge in [-0.05, 0) is 18.9 Å². The second-order valence-electron chi connectivity index (χ2n) is 4.20. The Hall–Kier alpha value is -1.55. The van der Waals surface area contributed by atoms with Gasteiger partial charge in [0.05, 0.1) is 0 Å². The Morgan fingerprint density at radius 1 is 1.28 bits per heavy atom. The Morgan fingerprint density at radius 2 is 2.00 bits per heavy atom. The summed E-state index contributed by atoms with van der Waals surface area (Å²) in [7, 11) is 1.93. The van der Waals surface area contributed by atoms with Crippen LogP contribution in [0.2, 0.25) is 0 Å². The quantitative estimate of drug-likeness (QED) is 0.780. The molecule has 0 saturated heterocycles. The summed E-state index contributed by atoms with van der Waals surface area (Å²) in [5.41, 5.74) is 1.29. The lowest BCUT2D eigenvalue weighted by Crippen LogP contribution is -2.20. The zero-order valence-electron chi connectivity index (χ0n) is 10.5. The molecule has 0 amide bonds. The average Bonchev–Trinajstić information content (AvgIpc) is 2.87. The third kappa shape index (κ3) is 3.23. The van der Waals surface area contributed by atoms with Gasteiger partial charge in [0.1, 0.15) is 5.38 Å². The highest BCUT2D eigenvalue weighted by molar-refractivity contribution is 6.20. The monoisotopic (exact) mass is 265 g/mol. The molecule has 4 nitrogen and oxygen atoms in total. The predicted molar refractivity (Wildman–Crippen MR) is 72.0 cm³/mol. The molecule has 1 aromatic carbocycles. The van der Waals surface area contributed by atoms with Crippen LogP contribution in [0.5, 0.6) is 0 Å². The maximum atomic E-state index is 5.88. The molecule has 0 radical (unpaired) electrons. The minimum absolute atomic E-state index is 0.256. The first kappa shape index (κ1) is 12.9. The van der Waals surface area contributed by atoms with E-state index in [1.807, 2.05) is 37.1 Å². The number of hydrogen-bond acceptors (Lipinski definition) is 4. The highest BCUT2D eigenvalue weighted by Crippen LogP contribution is 2.20. The maximum Gasteiger partial charge on any atom is 0.317 e. The topological polar surface area (TPSA) is 42.2 Å². The molecule has 1 aromatic heterocycles. The van der Waals surface area contributed by atoms with Gasteiger partial charge in [0.15, 0.2) is 0 Å². The van der Waals surface area contributed by atoms with Crippen LogP contribution in [0, 0.1) is 0 Å². The van der Waals surface area contributed by atoms with Gasteiger partial charge in [0.25, 0.3) is 0 Å². The fraction of sp³-hybridized carbons (Fsp3) is 0.385. The number of likely N-dealkylation sites (N-methyl/N-ethyl adjacent to an activating group) is 1. The third-order valence-corrected chi connectivity index (χ3v) is 2.86. The maximum absolute atomic E-state index is 5.88. The zero-order chi connectivity index (χ0) is 13.0. The summed E-state index contributed by atoms with van der Waals surface area (Å²) in [5.74, 6) is 0.457. The van der Waals surface area contributed by atoms with E-state index in [0.717, 1.165) is 13.0 Å². The Bertz CT molecular complexity index is 484. The predicted octanol–water partition coefficient (Wildman–Crippen LogP) is 3.05. The molecule has 0 spiro atoms. The number of aromatic nitrogens is 2. The molecule has 0 aliphatic carbocycles. The Kier molecular flexibility index (Phi) is 4.20. The van der Waals surface area contributed by atoms with Crippen molar-refractivity contribution in [3.63, 3.8) is 0 Å². The summed E-state index contributed by atoms with van der Waals surface area (Å²) in [6, 6.07) is 10.8. The van der Waals surface area contributed by atoms with Crippen LogP contribution in [-0.4, -0.2) is 23.8 Å².